The molecule has 0 aliphatic rings. The molecular formula is C15H19N3O3S. The molecule has 0 bridgehead atoms. The third-order valence-corrected chi connectivity index (χ3v) is 3.79. The Morgan fingerprint density at radius 2 is 2.00 bits per heavy atom. The molecule has 0 atom stereocenters. The van der Waals surface area contributed by atoms with Gasteiger partial charge in [0.05, 0.1) is 12.4 Å². The predicted octanol–water partition coefficient (Wildman–Crippen LogP) is 2.53. The fourth-order valence-electron chi connectivity index (χ4n) is 1.84. The third kappa shape index (κ3) is 4.49. The van der Waals surface area contributed by atoms with Gasteiger partial charge < -0.3 is 14.0 Å². The first-order valence-corrected chi connectivity index (χ1v) is 8.11. The highest BCUT2D eigenvalue weighted by atomic mass is 32.2. The Morgan fingerprint density at radius 1 is 1.23 bits per heavy atom. The number of ether oxygens (including phenoxy) is 2. The number of hydrogen-bond donors (Lipinski definition) is 0. The van der Waals surface area contributed by atoms with Crippen LogP contribution < -0.4 is 4.74 Å². The van der Waals surface area contributed by atoms with Crippen LogP contribution in [0.3, 0.4) is 0 Å². The quantitative estimate of drug-likeness (QED) is 0.550. The molecule has 0 spiro atoms. The van der Waals surface area contributed by atoms with Crippen LogP contribution in [0.4, 0.5) is 0 Å². The van der Waals surface area contributed by atoms with Gasteiger partial charge in [-0.05, 0) is 26.0 Å². The zero-order valence-corrected chi connectivity index (χ0v) is 13.5. The first-order valence-electron chi connectivity index (χ1n) is 7.13. The smallest absolute Gasteiger partial charge is 0.316 e. The topological polar surface area (TPSA) is 66.2 Å². The van der Waals surface area contributed by atoms with E-state index in [9.17, 15) is 4.79 Å². The van der Waals surface area contributed by atoms with Gasteiger partial charge in [-0.2, -0.15) is 0 Å². The molecule has 0 saturated carbocycles. The number of hydrogen-bond acceptors (Lipinski definition) is 6. The van der Waals surface area contributed by atoms with E-state index in [1.165, 1.54) is 11.8 Å². The number of para-hydroxylation sites is 1. The Hall–Kier alpha value is -2.02. The summed E-state index contributed by atoms with van der Waals surface area (Å²) in [6, 6.07) is 9.55. The fourth-order valence-corrected chi connectivity index (χ4v) is 2.66. The number of carbonyl (C=O) groups excluding carboxylic acids is 1. The van der Waals surface area contributed by atoms with Gasteiger partial charge in [-0.1, -0.05) is 30.0 Å². The molecule has 0 saturated heterocycles. The Morgan fingerprint density at radius 3 is 2.68 bits per heavy atom. The van der Waals surface area contributed by atoms with Crippen molar-refractivity contribution >= 4 is 17.7 Å². The SMILES string of the molecule is CCOC(=O)CSc1nnc(COc2ccccc2)n1CC. The Bertz CT molecular complexity index is 601. The second-order valence-corrected chi connectivity index (χ2v) is 5.28. The maximum absolute atomic E-state index is 11.4. The highest BCUT2D eigenvalue weighted by Crippen LogP contribution is 2.18. The normalized spacial score (nSPS) is 10.5. The molecule has 1 aromatic heterocycles. The standard InChI is InChI=1S/C15H19N3O3S/c1-3-18-13(10-21-12-8-6-5-7-9-12)16-17-15(18)22-11-14(19)20-4-2/h5-9H,3-4,10-11H2,1-2H3. The summed E-state index contributed by atoms with van der Waals surface area (Å²) in [4.78, 5) is 11.4. The molecule has 22 heavy (non-hydrogen) atoms. The van der Waals surface area contributed by atoms with E-state index in [-0.39, 0.29) is 11.7 Å². The number of benzene rings is 1. The van der Waals surface area contributed by atoms with Gasteiger partial charge in [0.1, 0.15) is 12.4 Å². The average molecular weight is 321 g/mol. The lowest BCUT2D eigenvalue weighted by molar-refractivity contribution is -0.139. The molecule has 118 valence electrons. The van der Waals surface area contributed by atoms with Gasteiger partial charge in [-0.3, -0.25) is 4.79 Å². The lowest BCUT2D eigenvalue weighted by atomic mass is 10.3. The third-order valence-electron chi connectivity index (χ3n) is 2.85. The van der Waals surface area contributed by atoms with Crippen molar-refractivity contribution < 1.29 is 14.3 Å². The summed E-state index contributed by atoms with van der Waals surface area (Å²) in [5.41, 5.74) is 0. The zero-order chi connectivity index (χ0) is 15.8. The number of nitrogens with zero attached hydrogens (tertiary/aromatic N) is 3. The van der Waals surface area contributed by atoms with Crippen LogP contribution in [-0.4, -0.2) is 33.1 Å². The van der Waals surface area contributed by atoms with E-state index in [1.807, 2.05) is 41.8 Å². The number of esters is 1. The van der Waals surface area contributed by atoms with Crippen molar-refractivity contribution in [2.75, 3.05) is 12.4 Å². The molecule has 0 aliphatic heterocycles. The Kier molecular flexibility index (Phi) is 6.27. The Balaban J connectivity index is 1.96. The van der Waals surface area contributed by atoms with Crippen molar-refractivity contribution in [2.24, 2.45) is 0 Å². The largest absolute Gasteiger partial charge is 0.486 e. The molecular weight excluding hydrogens is 302 g/mol. The van der Waals surface area contributed by atoms with Crippen LogP contribution in [0.5, 0.6) is 5.75 Å². The number of carbonyl (C=O) groups is 1. The second-order valence-electron chi connectivity index (χ2n) is 4.34. The van der Waals surface area contributed by atoms with E-state index in [1.54, 1.807) is 6.92 Å². The molecule has 0 aliphatic carbocycles. The van der Waals surface area contributed by atoms with Crippen LogP contribution in [0.25, 0.3) is 0 Å². The van der Waals surface area contributed by atoms with E-state index in [2.05, 4.69) is 10.2 Å². The van der Waals surface area contributed by atoms with E-state index in [0.717, 1.165) is 11.6 Å². The molecule has 0 fully saturated rings. The minimum absolute atomic E-state index is 0.228. The van der Waals surface area contributed by atoms with Crippen molar-refractivity contribution in [3.8, 4) is 5.75 Å². The molecule has 0 radical (unpaired) electrons. The minimum Gasteiger partial charge on any atom is -0.486 e. The lowest BCUT2D eigenvalue weighted by Gasteiger charge is -2.08. The lowest BCUT2D eigenvalue weighted by Crippen LogP contribution is -2.09. The minimum atomic E-state index is -0.250. The van der Waals surface area contributed by atoms with Crippen molar-refractivity contribution in [3.63, 3.8) is 0 Å². The van der Waals surface area contributed by atoms with Crippen molar-refractivity contribution in [3.05, 3.63) is 36.2 Å². The Labute approximate surface area is 133 Å². The molecule has 0 amide bonds. The van der Waals surface area contributed by atoms with Gasteiger partial charge in [0, 0.05) is 6.54 Å². The first kappa shape index (κ1) is 16.4. The first-order chi connectivity index (χ1) is 10.7. The highest BCUT2D eigenvalue weighted by molar-refractivity contribution is 7.99. The fraction of sp³-hybridized carbons (Fsp3) is 0.400. The van der Waals surface area contributed by atoms with Crippen molar-refractivity contribution in [1.29, 1.82) is 0 Å². The summed E-state index contributed by atoms with van der Waals surface area (Å²) in [6.07, 6.45) is 0. The molecule has 0 N–H and O–H groups in total. The van der Waals surface area contributed by atoms with Crippen LogP contribution in [0.15, 0.2) is 35.5 Å². The van der Waals surface area contributed by atoms with E-state index in [4.69, 9.17) is 9.47 Å². The summed E-state index contributed by atoms with van der Waals surface area (Å²) in [6.45, 7) is 5.23. The maximum Gasteiger partial charge on any atom is 0.316 e. The van der Waals surface area contributed by atoms with Crippen LogP contribution in [-0.2, 0) is 22.7 Å². The zero-order valence-electron chi connectivity index (χ0n) is 12.7. The average Bonchev–Trinajstić information content (AvgIpc) is 2.94. The number of thioether (sulfide) groups is 1. The van der Waals surface area contributed by atoms with E-state index in [0.29, 0.717) is 24.9 Å². The summed E-state index contributed by atoms with van der Waals surface area (Å²) in [5, 5.41) is 8.96. The molecule has 6 nitrogen and oxygen atoms in total. The second kappa shape index (κ2) is 8.43. The van der Waals surface area contributed by atoms with Gasteiger partial charge >= 0.3 is 5.97 Å². The highest BCUT2D eigenvalue weighted by Gasteiger charge is 2.13. The molecule has 2 aromatic rings. The summed E-state index contributed by atoms with van der Waals surface area (Å²) >= 11 is 1.32. The van der Waals surface area contributed by atoms with Crippen LogP contribution in [0, 0.1) is 0 Å². The van der Waals surface area contributed by atoms with Gasteiger partial charge in [-0.25, -0.2) is 0 Å². The predicted molar refractivity (Wildman–Crippen MR) is 83.8 cm³/mol. The monoisotopic (exact) mass is 321 g/mol. The molecule has 0 unspecified atom stereocenters. The summed E-state index contributed by atoms with van der Waals surface area (Å²) in [5.74, 6) is 1.50. The van der Waals surface area contributed by atoms with E-state index >= 15 is 0 Å². The van der Waals surface area contributed by atoms with Crippen molar-refractivity contribution in [2.45, 2.75) is 32.2 Å². The molecule has 7 heteroatoms. The van der Waals surface area contributed by atoms with Gasteiger partial charge in [0.2, 0.25) is 0 Å². The van der Waals surface area contributed by atoms with Crippen LogP contribution >= 0.6 is 11.8 Å². The van der Waals surface area contributed by atoms with Gasteiger partial charge in [0.25, 0.3) is 0 Å². The number of aromatic nitrogens is 3. The van der Waals surface area contributed by atoms with Gasteiger partial charge in [-0.15, -0.1) is 10.2 Å². The van der Waals surface area contributed by atoms with Crippen molar-refractivity contribution in [1.82, 2.24) is 14.8 Å². The van der Waals surface area contributed by atoms with Gasteiger partial charge in [0.15, 0.2) is 11.0 Å². The summed E-state index contributed by atoms with van der Waals surface area (Å²) in [7, 11) is 0. The molecule has 1 heterocycles. The van der Waals surface area contributed by atoms with Crippen LogP contribution in [0.2, 0.25) is 0 Å². The maximum atomic E-state index is 11.4. The van der Waals surface area contributed by atoms with Crippen LogP contribution in [0.1, 0.15) is 19.7 Å². The van der Waals surface area contributed by atoms with E-state index < -0.39 is 0 Å². The molecule has 2 rings (SSSR count). The summed E-state index contributed by atoms with van der Waals surface area (Å²) < 4.78 is 12.5. The molecule has 1 aromatic carbocycles. The number of rotatable bonds is 8.